The van der Waals surface area contributed by atoms with Crippen LogP contribution in [0.25, 0.3) is 0 Å². The molecule has 0 bridgehead atoms. The largest absolute Gasteiger partial charge is 0.429 e. The summed E-state index contributed by atoms with van der Waals surface area (Å²) < 4.78 is 130. The van der Waals surface area contributed by atoms with Crippen LogP contribution in [-0.2, 0) is 20.4 Å². The highest BCUT2D eigenvalue weighted by molar-refractivity contribution is 5.31. The van der Waals surface area contributed by atoms with Gasteiger partial charge in [-0.2, -0.15) is 30.7 Å². The molecule has 1 unspecified atom stereocenters. The first-order valence-electron chi connectivity index (χ1n) is 12.7. The SMILES string of the molecule is CCCCCCCC1COC(C(F)(F)OC2CC=C(C(F)(F)Oc3ccc(C(F)(F)F)c(F)c3)CC2)OC1. The molecule has 0 radical (unpaired) electrons. The summed E-state index contributed by atoms with van der Waals surface area (Å²) in [4.78, 5) is 0. The summed E-state index contributed by atoms with van der Waals surface area (Å²) in [6, 6.07) is 1.10. The third kappa shape index (κ3) is 8.54. The van der Waals surface area contributed by atoms with Gasteiger partial charge in [0.2, 0.25) is 0 Å². The molecule has 1 atom stereocenters. The van der Waals surface area contributed by atoms with E-state index in [0.717, 1.165) is 44.6 Å². The van der Waals surface area contributed by atoms with Crippen LogP contribution < -0.4 is 4.74 Å². The molecule has 3 rings (SSSR count). The topological polar surface area (TPSA) is 36.9 Å². The van der Waals surface area contributed by atoms with Crippen molar-refractivity contribution in [2.75, 3.05) is 13.2 Å². The molecule has 1 aromatic rings. The number of benzene rings is 1. The molecular formula is C26H32F8O4. The summed E-state index contributed by atoms with van der Waals surface area (Å²) in [5.74, 6) is -2.55. The highest BCUT2D eigenvalue weighted by Crippen LogP contribution is 2.39. The highest BCUT2D eigenvalue weighted by atomic mass is 19.4. The maximum absolute atomic E-state index is 14.6. The Hall–Kier alpha value is -1.92. The van der Waals surface area contributed by atoms with E-state index in [1.807, 2.05) is 0 Å². The van der Waals surface area contributed by atoms with Crippen molar-refractivity contribution in [2.24, 2.45) is 5.92 Å². The lowest BCUT2D eigenvalue weighted by molar-refractivity contribution is -0.389. The predicted molar refractivity (Wildman–Crippen MR) is 121 cm³/mol. The second kappa shape index (κ2) is 13.0. The Bertz CT molecular complexity index is 926. The highest BCUT2D eigenvalue weighted by Gasteiger charge is 2.48. The van der Waals surface area contributed by atoms with Crippen molar-refractivity contribution in [1.82, 2.24) is 0 Å². The van der Waals surface area contributed by atoms with E-state index in [-0.39, 0.29) is 44.5 Å². The lowest BCUT2D eigenvalue weighted by Crippen LogP contribution is -2.47. The number of hydrogen-bond donors (Lipinski definition) is 0. The zero-order chi connectivity index (χ0) is 28.0. The van der Waals surface area contributed by atoms with Crippen LogP contribution in [0.15, 0.2) is 29.8 Å². The van der Waals surface area contributed by atoms with Gasteiger partial charge in [-0.25, -0.2) is 4.39 Å². The molecular weight excluding hydrogens is 528 g/mol. The Morgan fingerprint density at radius 2 is 1.63 bits per heavy atom. The second-order valence-corrected chi connectivity index (χ2v) is 9.63. The number of ether oxygens (including phenoxy) is 4. The Morgan fingerprint density at radius 1 is 0.947 bits per heavy atom. The van der Waals surface area contributed by atoms with Gasteiger partial charge in [0.05, 0.1) is 24.9 Å². The van der Waals surface area contributed by atoms with Crippen LogP contribution in [0.5, 0.6) is 5.75 Å². The van der Waals surface area contributed by atoms with E-state index in [1.54, 1.807) is 0 Å². The first kappa shape index (κ1) is 30.6. The van der Waals surface area contributed by atoms with Crippen LogP contribution in [0.4, 0.5) is 35.1 Å². The molecule has 0 aromatic heterocycles. The Balaban J connectivity index is 1.48. The number of unbranched alkanes of at least 4 members (excludes halogenated alkanes) is 4. The molecule has 12 heteroatoms. The van der Waals surface area contributed by atoms with Gasteiger partial charge in [-0.3, -0.25) is 0 Å². The van der Waals surface area contributed by atoms with Gasteiger partial charge in [0.1, 0.15) is 11.6 Å². The molecule has 1 fully saturated rings. The van der Waals surface area contributed by atoms with E-state index in [2.05, 4.69) is 11.7 Å². The molecule has 1 aliphatic heterocycles. The Labute approximate surface area is 216 Å². The molecule has 0 amide bonds. The normalized spacial score (nSPS) is 23.3. The van der Waals surface area contributed by atoms with Crippen molar-refractivity contribution in [3.8, 4) is 5.75 Å². The zero-order valence-corrected chi connectivity index (χ0v) is 21.0. The first-order chi connectivity index (χ1) is 17.8. The second-order valence-electron chi connectivity index (χ2n) is 9.63. The van der Waals surface area contributed by atoms with E-state index in [0.29, 0.717) is 12.1 Å². The van der Waals surface area contributed by atoms with Crippen molar-refractivity contribution in [3.05, 3.63) is 41.2 Å². The van der Waals surface area contributed by atoms with E-state index in [4.69, 9.17) is 14.2 Å². The van der Waals surface area contributed by atoms with E-state index < -0.39 is 53.5 Å². The smallest absolute Gasteiger partial charge is 0.422 e. The first-order valence-corrected chi connectivity index (χ1v) is 12.7. The minimum Gasteiger partial charge on any atom is -0.429 e. The fourth-order valence-electron chi connectivity index (χ4n) is 4.40. The predicted octanol–water partition coefficient (Wildman–Crippen LogP) is 8.25. The summed E-state index contributed by atoms with van der Waals surface area (Å²) in [6.07, 6.45) is -9.41. The van der Waals surface area contributed by atoms with Gasteiger partial charge >= 0.3 is 18.4 Å². The molecule has 1 aliphatic carbocycles. The average Bonchev–Trinajstić information content (AvgIpc) is 2.83. The maximum Gasteiger partial charge on any atom is 0.422 e. The molecule has 1 saturated heterocycles. The summed E-state index contributed by atoms with van der Waals surface area (Å²) in [6.45, 7) is 2.34. The minimum atomic E-state index is -4.99. The molecule has 0 saturated carbocycles. The molecule has 2 aliphatic rings. The van der Waals surface area contributed by atoms with Crippen molar-refractivity contribution < 1.29 is 54.1 Å². The van der Waals surface area contributed by atoms with E-state index in [9.17, 15) is 35.1 Å². The van der Waals surface area contributed by atoms with Gasteiger partial charge in [-0.1, -0.05) is 45.1 Å². The van der Waals surface area contributed by atoms with Gasteiger partial charge < -0.3 is 18.9 Å². The average molecular weight is 561 g/mol. The number of hydrogen-bond acceptors (Lipinski definition) is 4. The third-order valence-electron chi connectivity index (χ3n) is 6.51. The number of halogens is 8. The van der Waals surface area contributed by atoms with Gasteiger partial charge in [0.15, 0.2) is 0 Å². The summed E-state index contributed by atoms with van der Waals surface area (Å²) in [7, 11) is 0. The lowest BCUT2D eigenvalue weighted by Gasteiger charge is -2.36. The Morgan fingerprint density at radius 3 is 2.21 bits per heavy atom. The summed E-state index contributed by atoms with van der Waals surface area (Å²) in [5.41, 5.74) is -2.19. The van der Waals surface area contributed by atoms with Crippen LogP contribution in [0, 0.1) is 11.7 Å². The van der Waals surface area contributed by atoms with Crippen LogP contribution in [0.2, 0.25) is 0 Å². The maximum atomic E-state index is 14.6. The van der Waals surface area contributed by atoms with E-state index in [1.165, 1.54) is 0 Å². The van der Waals surface area contributed by atoms with Crippen molar-refractivity contribution in [1.29, 1.82) is 0 Å². The van der Waals surface area contributed by atoms with Crippen LogP contribution >= 0.6 is 0 Å². The van der Waals surface area contributed by atoms with Crippen LogP contribution in [0.3, 0.4) is 0 Å². The molecule has 216 valence electrons. The van der Waals surface area contributed by atoms with E-state index >= 15 is 0 Å². The minimum absolute atomic E-state index is 0.0178. The number of rotatable bonds is 12. The van der Waals surface area contributed by atoms with Gasteiger partial charge in [0.25, 0.3) is 6.29 Å². The monoisotopic (exact) mass is 560 g/mol. The fraction of sp³-hybridized carbons (Fsp3) is 0.692. The summed E-state index contributed by atoms with van der Waals surface area (Å²) >= 11 is 0. The van der Waals surface area contributed by atoms with Gasteiger partial charge in [0, 0.05) is 17.6 Å². The van der Waals surface area contributed by atoms with Crippen molar-refractivity contribution in [3.63, 3.8) is 0 Å². The van der Waals surface area contributed by atoms with Crippen LogP contribution in [0.1, 0.15) is 70.3 Å². The number of alkyl halides is 7. The third-order valence-corrected chi connectivity index (χ3v) is 6.51. The standard InChI is InChI=1S/C26H32F8O4/c1-2-3-4-5-6-7-17-15-35-23(36-16-17)26(33,34)37-19-10-8-18(9-11-19)25(31,32)38-20-12-13-21(22(27)14-20)24(28,29)30/h8,12-14,17,19,23H,2-7,9-11,15-16H2,1H3. The molecule has 0 spiro atoms. The molecule has 4 nitrogen and oxygen atoms in total. The molecule has 1 heterocycles. The molecule has 1 aromatic carbocycles. The zero-order valence-electron chi connectivity index (χ0n) is 21.0. The van der Waals surface area contributed by atoms with Crippen molar-refractivity contribution >= 4 is 0 Å². The molecule has 0 N–H and O–H groups in total. The van der Waals surface area contributed by atoms with Gasteiger partial charge in [-0.05, 0) is 37.8 Å². The quantitative estimate of drug-likeness (QED) is 0.147. The van der Waals surface area contributed by atoms with Crippen molar-refractivity contribution in [2.45, 2.75) is 95.5 Å². The Kier molecular flexibility index (Phi) is 10.4. The van der Waals surface area contributed by atoms with Crippen LogP contribution in [-0.4, -0.2) is 37.8 Å². The van der Waals surface area contributed by atoms with Gasteiger partial charge in [-0.15, -0.1) is 0 Å². The lowest BCUT2D eigenvalue weighted by atomic mass is 9.96. The molecule has 38 heavy (non-hydrogen) atoms. The fourth-order valence-corrected chi connectivity index (χ4v) is 4.40. The summed E-state index contributed by atoms with van der Waals surface area (Å²) in [5, 5.41) is 0.